The van der Waals surface area contributed by atoms with Gasteiger partial charge >= 0.3 is 0 Å². The van der Waals surface area contributed by atoms with E-state index >= 15 is 0 Å². The van der Waals surface area contributed by atoms with Crippen molar-refractivity contribution in [3.05, 3.63) is 0 Å². The largest absolute Gasteiger partial charge is 0.342 e. The third-order valence-electron chi connectivity index (χ3n) is 1.55. The number of hydrogen-bond acceptors (Lipinski definition) is 4. The molecule has 14 heavy (non-hydrogen) atoms. The van der Waals surface area contributed by atoms with Crippen LogP contribution in [-0.4, -0.2) is 36.5 Å². The highest BCUT2D eigenvalue weighted by Gasteiger charge is 2.04. The molecule has 0 aromatic rings. The van der Waals surface area contributed by atoms with Crippen LogP contribution in [0.1, 0.15) is 13.8 Å². The second kappa shape index (κ2) is 8.85. The molecule has 5 heteroatoms. The van der Waals surface area contributed by atoms with Gasteiger partial charge in [-0.25, -0.2) is 0 Å². The van der Waals surface area contributed by atoms with Gasteiger partial charge < -0.3 is 10.6 Å². The first kappa shape index (κ1) is 13.3. The average molecular weight is 215 g/mol. The average Bonchev–Trinajstić information content (AvgIpc) is 2.20. The number of amides is 1. The smallest absolute Gasteiger partial charge is 0.234 e. The zero-order chi connectivity index (χ0) is 10.8. The molecule has 2 N–H and O–H groups in total. The molecule has 0 fully saturated rings. The predicted molar refractivity (Wildman–Crippen MR) is 59.1 cm³/mol. The molecule has 0 bridgehead atoms. The van der Waals surface area contributed by atoms with Gasteiger partial charge in [-0.3, -0.25) is 4.79 Å². The number of carbonyl (C=O) groups is 1. The number of rotatable bonds is 7. The predicted octanol–water partition coefficient (Wildman–Crippen LogP) is 0.357. The summed E-state index contributed by atoms with van der Waals surface area (Å²) in [6, 6.07) is 2.18. The lowest BCUT2D eigenvalue weighted by Crippen LogP contribution is -2.39. The fourth-order valence-electron chi connectivity index (χ4n) is 0.821. The second-order valence-electron chi connectivity index (χ2n) is 2.88. The summed E-state index contributed by atoms with van der Waals surface area (Å²) >= 11 is 1.84. The minimum absolute atomic E-state index is 0.0819. The molecule has 0 aliphatic heterocycles. The quantitative estimate of drug-likeness (QED) is 0.602. The summed E-state index contributed by atoms with van der Waals surface area (Å²) in [5, 5.41) is 13.8. The van der Waals surface area contributed by atoms with Gasteiger partial charge in [-0.05, 0) is 12.7 Å². The van der Waals surface area contributed by atoms with E-state index in [1.165, 1.54) is 0 Å². The molecular weight excluding hydrogens is 198 g/mol. The van der Waals surface area contributed by atoms with Crippen LogP contribution in [0.3, 0.4) is 0 Å². The van der Waals surface area contributed by atoms with Gasteiger partial charge in [-0.15, -0.1) is 0 Å². The second-order valence-corrected chi connectivity index (χ2v) is 4.20. The first-order chi connectivity index (χ1) is 6.70. The van der Waals surface area contributed by atoms with Crippen LogP contribution in [0.2, 0.25) is 0 Å². The molecule has 0 aliphatic rings. The highest BCUT2D eigenvalue weighted by atomic mass is 32.2. The number of thioether (sulfide) groups is 1. The standard InChI is InChI=1S/C9H17N3OS/c1-3-14-7-8(2)12-6-9(13)11-5-4-10/h8,12H,3,5-7H2,1-2H3,(H,11,13). The van der Waals surface area contributed by atoms with Crippen LogP contribution >= 0.6 is 11.8 Å². The maximum atomic E-state index is 11.0. The van der Waals surface area contributed by atoms with E-state index in [1.807, 2.05) is 24.8 Å². The molecule has 1 amide bonds. The van der Waals surface area contributed by atoms with E-state index in [4.69, 9.17) is 5.26 Å². The Bertz CT molecular complexity index is 203. The van der Waals surface area contributed by atoms with E-state index in [0.29, 0.717) is 6.04 Å². The SMILES string of the molecule is CCSCC(C)NCC(=O)NCC#N. The molecule has 0 spiro atoms. The Morgan fingerprint density at radius 3 is 2.93 bits per heavy atom. The number of nitrogens with zero attached hydrogens (tertiary/aromatic N) is 1. The maximum absolute atomic E-state index is 11.0. The molecule has 0 aliphatic carbocycles. The summed E-state index contributed by atoms with van der Waals surface area (Å²) in [6.07, 6.45) is 0. The van der Waals surface area contributed by atoms with Crippen molar-refractivity contribution < 1.29 is 4.79 Å². The van der Waals surface area contributed by atoms with Crippen molar-refractivity contribution >= 4 is 17.7 Å². The molecule has 0 saturated heterocycles. The van der Waals surface area contributed by atoms with Gasteiger partial charge in [0.15, 0.2) is 0 Å². The lowest BCUT2D eigenvalue weighted by Gasteiger charge is -2.11. The molecule has 0 rings (SSSR count). The minimum Gasteiger partial charge on any atom is -0.342 e. The van der Waals surface area contributed by atoms with Crippen LogP contribution in [0.5, 0.6) is 0 Å². The summed E-state index contributed by atoms with van der Waals surface area (Å²) in [7, 11) is 0. The summed E-state index contributed by atoms with van der Waals surface area (Å²) in [5.74, 6) is 1.97. The van der Waals surface area contributed by atoms with Crippen molar-refractivity contribution in [3.63, 3.8) is 0 Å². The molecule has 80 valence electrons. The van der Waals surface area contributed by atoms with Crippen LogP contribution in [0.25, 0.3) is 0 Å². The van der Waals surface area contributed by atoms with Crippen molar-refractivity contribution in [2.24, 2.45) is 0 Å². The molecule has 0 aromatic heterocycles. The Morgan fingerprint density at radius 2 is 2.36 bits per heavy atom. The molecule has 4 nitrogen and oxygen atoms in total. The Balaban J connectivity index is 3.41. The maximum Gasteiger partial charge on any atom is 0.234 e. The zero-order valence-electron chi connectivity index (χ0n) is 8.67. The monoisotopic (exact) mass is 215 g/mol. The van der Waals surface area contributed by atoms with E-state index in [1.54, 1.807) is 0 Å². The molecule has 1 atom stereocenters. The normalized spacial score (nSPS) is 11.8. The molecule has 0 radical (unpaired) electrons. The van der Waals surface area contributed by atoms with Crippen LogP contribution in [-0.2, 0) is 4.79 Å². The van der Waals surface area contributed by atoms with Gasteiger partial charge in [0.05, 0.1) is 12.6 Å². The lowest BCUT2D eigenvalue weighted by molar-refractivity contribution is -0.120. The van der Waals surface area contributed by atoms with Crippen molar-refractivity contribution in [1.29, 1.82) is 5.26 Å². The lowest BCUT2D eigenvalue weighted by atomic mass is 10.4. The third kappa shape index (κ3) is 7.90. The van der Waals surface area contributed by atoms with Crippen LogP contribution < -0.4 is 10.6 Å². The van der Waals surface area contributed by atoms with Crippen molar-refractivity contribution in [2.45, 2.75) is 19.9 Å². The summed E-state index contributed by atoms with van der Waals surface area (Å²) in [4.78, 5) is 11.0. The van der Waals surface area contributed by atoms with Gasteiger partial charge in [0.2, 0.25) is 5.91 Å². The zero-order valence-corrected chi connectivity index (χ0v) is 9.49. The third-order valence-corrected chi connectivity index (χ3v) is 2.69. The fraction of sp³-hybridized carbons (Fsp3) is 0.778. The van der Waals surface area contributed by atoms with Gasteiger partial charge in [-0.1, -0.05) is 6.92 Å². The van der Waals surface area contributed by atoms with Gasteiger partial charge in [0.1, 0.15) is 6.54 Å². The number of nitriles is 1. The van der Waals surface area contributed by atoms with Gasteiger partial charge in [-0.2, -0.15) is 17.0 Å². The molecule has 0 heterocycles. The number of hydrogen-bond donors (Lipinski definition) is 2. The van der Waals surface area contributed by atoms with Gasteiger partial charge in [0.25, 0.3) is 0 Å². The Labute approximate surface area is 89.4 Å². The van der Waals surface area contributed by atoms with E-state index in [0.717, 1.165) is 11.5 Å². The van der Waals surface area contributed by atoms with Crippen LogP contribution in [0.4, 0.5) is 0 Å². The number of nitrogens with one attached hydrogen (secondary N) is 2. The molecule has 0 saturated carbocycles. The molecule has 1 unspecified atom stereocenters. The Hall–Kier alpha value is -0.730. The summed E-state index contributed by atoms with van der Waals surface area (Å²) in [5.41, 5.74) is 0. The van der Waals surface area contributed by atoms with E-state index in [9.17, 15) is 4.79 Å². The minimum atomic E-state index is -0.125. The van der Waals surface area contributed by atoms with Crippen molar-refractivity contribution in [1.82, 2.24) is 10.6 Å². The first-order valence-corrected chi connectivity index (χ1v) is 5.81. The van der Waals surface area contributed by atoms with E-state index < -0.39 is 0 Å². The van der Waals surface area contributed by atoms with E-state index in [-0.39, 0.29) is 19.0 Å². The number of carbonyl (C=O) groups excluding carboxylic acids is 1. The molecule has 0 aromatic carbocycles. The van der Waals surface area contributed by atoms with E-state index in [2.05, 4.69) is 17.6 Å². The molecular formula is C9H17N3OS. The van der Waals surface area contributed by atoms with Gasteiger partial charge in [0, 0.05) is 11.8 Å². The Morgan fingerprint density at radius 1 is 1.64 bits per heavy atom. The highest BCUT2D eigenvalue weighted by molar-refractivity contribution is 7.99. The van der Waals surface area contributed by atoms with Crippen molar-refractivity contribution in [2.75, 3.05) is 24.6 Å². The fourth-order valence-corrected chi connectivity index (χ4v) is 1.53. The summed E-state index contributed by atoms with van der Waals surface area (Å²) in [6.45, 7) is 4.52. The van der Waals surface area contributed by atoms with Crippen molar-refractivity contribution in [3.8, 4) is 6.07 Å². The van der Waals surface area contributed by atoms with Crippen LogP contribution in [0.15, 0.2) is 0 Å². The van der Waals surface area contributed by atoms with Crippen LogP contribution in [0, 0.1) is 11.3 Å². The Kier molecular flexibility index (Phi) is 8.39. The first-order valence-electron chi connectivity index (χ1n) is 4.65. The highest BCUT2D eigenvalue weighted by Crippen LogP contribution is 2.00. The topological polar surface area (TPSA) is 64.9 Å². The summed E-state index contributed by atoms with van der Waals surface area (Å²) < 4.78 is 0.